The van der Waals surface area contributed by atoms with Gasteiger partial charge in [-0.1, -0.05) is 12.1 Å². The number of thiophene rings is 2. The number of carbonyl (C=O) groups is 1. The third-order valence-corrected chi connectivity index (χ3v) is 9.57. The molecule has 0 aliphatic carbocycles. The highest BCUT2D eigenvalue weighted by molar-refractivity contribution is 7.91. The number of amides is 1. The first-order valence-corrected chi connectivity index (χ1v) is 12.8. The van der Waals surface area contributed by atoms with E-state index in [1.807, 2.05) is 4.90 Å². The van der Waals surface area contributed by atoms with Gasteiger partial charge in [0, 0.05) is 50.7 Å². The summed E-state index contributed by atoms with van der Waals surface area (Å²) in [6, 6.07) is 7.60. The van der Waals surface area contributed by atoms with Crippen molar-refractivity contribution in [3.63, 3.8) is 0 Å². The lowest BCUT2D eigenvalue weighted by Gasteiger charge is -2.38. The van der Waals surface area contributed by atoms with Crippen molar-refractivity contribution in [3.8, 4) is 0 Å². The van der Waals surface area contributed by atoms with Crippen LogP contribution in [0.4, 0.5) is 0 Å². The van der Waals surface area contributed by atoms with Crippen molar-refractivity contribution in [2.45, 2.75) is 23.6 Å². The van der Waals surface area contributed by atoms with Crippen LogP contribution in [-0.2, 0) is 21.4 Å². The number of hydrogen-bond donors (Lipinski definition) is 0. The number of nitrogens with zero attached hydrogens (tertiary/aromatic N) is 3. The first-order chi connectivity index (χ1) is 13.5. The van der Waals surface area contributed by atoms with Gasteiger partial charge in [0.25, 0.3) is 10.0 Å². The van der Waals surface area contributed by atoms with E-state index in [1.165, 1.54) is 20.5 Å². The van der Waals surface area contributed by atoms with E-state index in [9.17, 15) is 13.2 Å². The Morgan fingerprint density at radius 2 is 1.79 bits per heavy atom. The fraction of sp³-hybridized carbons (Fsp3) is 0.526. The average Bonchev–Trinajstić information content (AvgIpc) is 3.43. The normalized spacial score (nSPS) is 22.4. The summed E-state index contributed by atoms with van der Waals surface area (Å²) in [6.45, 7) is 4.92. The molecule has 0 bridgehead atoms. The van der Waals surface area contributed by atoms with Crippen LogP contribution in [0.3, 0.4) is 0 Å². The Morgan fingerprint density at radius 1 is 1.04 bits per heavy atom. The number of carbonyl (C=O) groups excluding carboxylic acids is 1. The number of sulfonamides is 1. The molecule has 152 valence electrons. The van der Waals surface area contributed by atoms with Crippen LogP contribution in [0.2, 0.25) is 0 Å². The van der Waals surface area contributed by atoms with E-state index in [0.717, 1.165) is 45.6 Å². The predicted molar refractivity (Wildman–Crippen MR) is 112 cm³/mol. The molecule has 1 atom stereocenters. The van der Waals surface area contributed by atoms with E-state index < -0.39 is 10.0 Å². The van der Waals surface area contributed by atoms with Crippen molar-refractivity contribution in [2.24, 2.45) is 5.92 Å². The molecular weight excluding hydrogens is 414 g/mol. The SMILES string of the molecule is O=C([C@H]1CCCN(S(=O)(=O)c2cccs2)C1)N1CCN(Cc2cccs2)CC1. The van der Waals surface area contributed by atoms with E-state index in [2.05, 4.69) is 22.4 Å². The molecule has 2 aromatic heterocycles. The molecule has 1 amide bonds. The van der Waals surface area contributed by atoms with Crippen LogP contribution in [0.1, 0.15) is 17.7 Å². The Balaban J connectivity index is 1.33. The van der Waals surface area contributed by atoms with E-state index in [1.54, 1.807) is 28.8 Å². The molecule has 9 heteroatoms. The van der Waals surface area contributed by atoms with Crippen molar-refractivity contribution in [1.82, 2.24) is 14.1 Å². The molecule has 0 radical (unpaired) electrons. The van der Waals surface area contributed by atoms with Gasteiger partial charge in [-0.25, -0.2) is 8.42 Å². The fourth-order valence-electron chi connectivity index (χ4n) is 3.91. The topological polar surface area (TPSA) is 60.9 Å². The fourth-order valence-corrected chi connectivity index (χ4v) is 7.32. The van der Waals surface area contributed by atoms with Gasteiger partial charge in [0.1, 0.15) is 4.21 Å². The van der Waals surface area contributed by atoms with Gasteiger partial charge in [-0.3, -0.25) is 9.69 Å². The van der Waals surface area contributed by atoms with Crippen LogP contribution in [0.5, 0.6) is 0 Å². The summed E-state index contributed by atoms with van der Waals surface area (Å²) in [6.07, 6.45) is 1.50. The first kappa shape index (κ1) is 20.0. The summed E-state index contributed by atoms with van der Waals surface area (Å²) in [5, 5.41) is 3.86. The van der Waals surface area contributed by atoms with Crippen LogP contribution < -0.4 is 0 Å². The third kappa shape index (κ3) is 4.33. The molecule has 2 aliphatic heterocycles. The summed E-state index contributed by atoms with van der Waals surface area (Å²) < 4.78 is 27.4. The van der Waals surface area contributed by atoms with Gasteiger partial charge in [-0.2, -0.15) is 4.31 Å². The van der Waals surface area contributed by atoms with E-state index in [4.69, 9.17) is 0 Å². The van der Waals surface area contributed by atoms with Gasteiger partial charge >= 0.3 is 0 Å². The number of piperidine rings is 1. The van der Waals surface area contributed by atoms with Crippen LogP contribution in [0.15, 0.2) is 39.2 Å². The molecule has 2 fully saturated rings. The second kappa shape index (κ2) is 8.62. The van der Waals surface area contributed by atoms with Gasteiger partial charge in [-0.15, -0.1) is 22.7 Å². The smallest absolute Gasteiger partial charge is 0.252 e. The molecule has 0 unspecified atom stereocenters. The third-order valence-electron chi connectivity index (χ3n) is 5.47. The Hall–Kier alpha value is -1.26. The summed E-state index contributed by atoms with van der Waals surface area (Å²) in [4.78, 5) is 18.7. The molecular formula is C19H25N3O3S3. The van der Waals surface area contributed by atoms with Crippen molar-refractivity contribution in [1.29, 1.82) is 0 Å². The molecule has 2 aliphatic rings. The molecule has 28 heavy (non-hydrogen) atoms. The summed E-state index contributed by atoms with van der Waals surface area (Å²) in [7, 11) is -3.48. The maximum Gasteiger partial charge on any atom is 0.252 e. The summed E-state index contributed by atoms with van der Waals surface area (Å²) in [5.41, 5.74) is 0. The zero-order valence-corrected chi connectivity index (χ0v) is 18.1. The van der Waals surface area contributed by atoms with Crippen molar-refractivity contribution in [2.75, 3.05) is 39.3 Å². The van der Waals surface area contributed by atoms with Gasteiger partial charge in [-0.05, 0) is 35.7 Å². The van der Waals surface area contributed by atoms with Gasteiger partial charge in [0.15, 0.2) is 0 Å². The summed E-state index contributed by atoms with van der Waals surface area (Å²) in [5.74, 6) is -0.116. The number of piperazine rings is 1. The van der Waals surface area contributed by atoms with Gasteiger partial charge in [0.05, 0.1) is 5.92 Å². The van der Waals surface area contributed by atoms with E-state index >= 15 is 0 Å². The highest BCUT2D eigenvalue weighted by atomic mass is 32.2. The van der Waals surface area contributed by atoms with Gasteiger partial charge < -0.3 is 4.90 Å². The Bertz CT molecular complexity index is 873. The van der Waals surface area contributed by atoms with Crippen LogP contribution in [0, 0.1) is 5.92 Å². The lowest BCUT2D eigenvalue weighted by atomic mass is 9.98. The monoisotopic (exact) mass is 439 g/mol. The van der Waals surface area contributed by atoms with Crippen molar-refractivity contribution >= 4 is 38.6 Å². The molecule has 0 spiro atoms. The van der Waals surface area contributed by atoms with E-state index in [-0.39, 0.29) is 11.8 Å². The first-order valence-electron chi connectivity index (χ1n) is 9.61. The van der Waals surface area contributed by atoms with E-state index in [0.29, 0.717) is 17.3 Å². The lowest BCUT2D eigenvalue weighted by molar-refractivity contribution is -0.138. The van der Waals surface area contributed by atoms with Crippen LogP contribution in [0.25, 0.3) is 0 Å². The van der Waals surface area contributed by atoms with Gasteiger partial charge in [0.2, 0.25) is 5.91 Å². The lowest BCUT2D eigenvalue weighted by Crippen LogP contribution is -2.52. The molecule has 2 saturated heterocycles. The standard InChI is InChI=1S/C19H25N3O3S3/c23-19(21-10-8-20(9-11-21)15-17-5-2-12-26-17)16-4-1-7-22(14-16)28(24,25)18-6-3-13-27-18/h2-3,5-6,12-13,16H,1,4,7-11,14-15H2/t16-/m0/s1. The minimum atomic E-state index is -3.48. The Labute approximate surface area is 174 Å². The molecule has 0 N–H and O–H groups in total. The molecule has 6 nitrogen and oxygen atoms in total. The molecule has 0 aromatic carbocycles. The predicted octanol–water partition coefficient (Wildman–Crippen LogP) is 2.55. The average molecular weight is 440 g/mol. The molecule has 0 saturated carbocycles. The maximum atomic E-state index is 13.0. The second-order valence-electron chi connectivity index (χ2n) is 7.32. The molecule has 4 heterocycles. The van der Waals surface area contributed by atoms with Crippen molar-refractivity contribution < 1.29 is 13.2 Å². The minimum absolute atomic E-state index is 0.113. The summed E-state index contributed by atoms with van der Waals surface area (Å²) >= 11 is 3.00. The second-order valence-corrected chi connectivity index (χ2v) is 11.5. The largest absolute Gasteiger partial charge is 0.340 e. The zero-order valence-electron chi connectivity index (χ0n) is 15.7. The Kier molecular flexibility index (Phi) is 6.17. The van der Waals surface area contributed by atoms with Crippen LogP contribution in [-0.4, -0.2) is 67.7 Å². The highest BCUT2D eigenvalue weighted by Crippen LogP contribution is 2.27. The molecule has 2 aromatic rings. The van der Waals surface area contributed by atoms with Crippen LogP contribution >= 0.6 is 22.7 Å². The quantitative estimate of drug-likeness (QED) is 0.718. The minimum Gasteiger partial charge on any atom is -0.340 e. The van der Waals surface area contributed by atoms with Crippen molar-refractivity contribution in [3.05, 3.63) is 39.9 Å². The Morgan fingerprint density at radius 3 is 2.46 bits per heavy atom. The number of hydrogen-bond acceptors (Lipinski definition) is 6. The number of rotatable bonds is 5. The highest BCUT2D eigenvalue weighted by Gasteiger charge is 2.36. The zero-order chi connectivity index (χ0) is 19.6. The molecule has 4 rings (SSSR count). The maximum absolute atomic E-state index is 13.0.